The van der Waals surface area contributed by atoms with Crippen molar-refractivity contribution in [2.24, 2.45) is 5.92 Å². The average molecular weight is 210 g/mol. The van der Waals surface area contributed by atoms with Gasteiger partial charge in [0.1, 0.15) is 5.82 Å². The van der Waals surface area contributed by atoms with E-state index in [0.717, 1.165) is 17.3 Å². The lowest BCUT2D eigenvalue weighted by Gasteiger charge is -2.62. The van der Waals surface area contributed by atoms with Crippen molar-refractivity contribution in [1.82, 2.24) is 9.97 Å². The van der Waals surface area contributed by atoms with Crippen LogP contribution in [0.4, 0.5) is 5.82 Å². The third-order valence-electron chi connectivity index (χ3n) is 3.36. The number of nitrogens with one attached hydrogen (secondary N) is 1. The summed E-state index contributed by atoms with van der Waals surface area (Å²) >= 11 is 5.76. The summed E-state index contributed by atoms with van der Waals surface area (Å²) in [4.78, 5) is 8.15. The Kier molecular flexibility index (Phi) is 1.57. The van der Waals surface area contributed by atoms with Gasteiger partial charge >= 0.3 is 0 Å². The van der Waals surface area contributed by atoms with Crippen molar-refractivity contribution in [2.75, 3.05) is 5.32 Å². The molecule has 0 spiro atoms. The fraction of sp³-hybridized carbons (Fsp3) is 0.600. The fourth-order valence-electron chi connectivity index (χ4n) is 2.43. The Labute approximate surface area is 87.9 Å². The molecule has 1 aromatic rings. The molecule has 3 nitrogen and oxygen atoms in total. The Hall–Kier alpha value is -0.830. The normalized spacial score (nSPS) is 33.1. The van der Waals surface area contributed by atoms with Gasteiger partial charge in [-0.05, 0) is 43.7 Å². The van der Waals surface area contributed by atoms with Crippen molar-refractivity contribution in [3.63, 3.8) is 0 Å². The molecule has 3 saturated carbocycles. The highest BCUT2D eigenvalue weighted by molar-refractivity contribution is 6.28. The van der Waals surface area contributed by atoms with E-state index in [-0.39, 0.29) is 0 Å². The van der Waals surface area contributed by atoms with Crippen LogP contribution in [0.15, 0.2) is 6.20 Å². The highest BCUT2D eigenvalue weighted by Gasteiger charge is 2.56. The number of nitrogens with zero attached hydrogens (tertiary/aromatic N) is 2. The van der Waals surface area contributed by atoms with Crippen LogP contribution in [0.5, 0.6) is 0 Å². The molecule has 2 bridgehead atoms. The third-order valence-corrected chi connectivity index (χ3v) is 3.55. The van der Waals surface area contributed by atoms with Gasteiger partial charge in [0.2, 0.25) is 5.28 Å². The molecule has 0 aromatic carbocycles. The second kappa shape index (κ2) is 2.60. The first-order valence-corrected chi connectivity index (χ1v) is 5.32. The quantitative estimate of drug-likeness (QED) is 0.761. The van der Waals surface area contributed by atoms with Crippen LogP contribution in [0.25, 0.3) is 0 Å². The van der Waals surface area contributed by atoms with E-state index in [9.17, 15) is 0 Å². The van der Waals surface area contributed by atoms with Gasteiger partial charge in [-0.2, -0.15) is 0 Å². The summed E-state index contributed by atoms with van der Waals surface area (Å²) in [6, 6.07) is 0. The Balaban J connectivity index is 1.84. The largest absolute Gasteiger partial charge is 0.364 e. The molecule has 4 rings (SSSR count). The Bertz CT molecular complexity index is 374. The van der Waals surface area contributed by atoms with Crippen molar-refractivity contribution >= 4 is 17.4 Å². The van der Waals surface area contributed by atoms with E-state index < -0.39 is 0 Å². The van der Waals surface area contributed by atoms with Gasteiger partial charge in [0.05, 0.1) is 0 Å². The van der Waals surface area contributed by atoms with Gasteiger partial charge in [-0.3, -0.25) is 0 Å². The summed E-state index contributed by atoms with van der Waals surface area (Å²) in [5.41, 5.74) is 1.42. The first-order valence-electron chi connectivity index (χ1n) is 4.94. The second-order valence-corrected chi connectivity index (χ2v) is 4.89. The van der Waals surface area contributed by atoms with Crippen LogP contribution in [0, 0.1) is 12.8 Å². The number of aromatic nitrogens is 2. The second-order valence-electron chi connectivity index (χ2n) is 4.55. The topological polar surface area (TPSA) is 37.8 Å². The first kappa shape index (κ1) is 8.48. The molecule has 74 valence electrons. The summed E-state index contributed by atoms with van der Waals surface area (Å²) in [6.45, 7) is 2.00. The molecule has 0 saturated heterocycles. The predicted octanol–water partition coefficient (Wildman–Crippen LogP) is 2.40. The Morgan fingerprint density at radius 1 is 1.50 bits per heavy atom. The van der Waals surface area contributed by atoms with E-state index in [4.69, 9.17) is 11.6 Å². The molecule has 0 atom stereocenters. The fourth-order valence-corrected chi connectivity index (χ4v) is 2.56. The highest BCUT2D eigenvalue weighted by Crippen LogP contribution is 2.58. The molecule has 14 heavy (non-hydrogen) atoms. The molecule has 0 unspecified atom stereocenters. The summed E-state index contributed by atoms with van der Waals surface area (Å²) in [5, 5.41) is 3.82. The monoisotopic (exact) mass is 209 g/mol. The Morgan fingerprint density at radius 3 is 2.79 bits per heavy atom. The minimum Gasteiger partial charge on any atom is -0.364 e. The lowest BCUT2D eigenvalue weighted by molar-refractivity contribution is 0.00175. The van der Waals surface area contributed by atoms with E-state index >= 15 is 0 Å². The Morgan fingerprint density at radius 2 is 2.21 bits per heavy atom. The molecule has 1 heterocycles. The summed E-state index contributed by atoms with van der Waals surface area (Å²) < 4.78 is 0. The molecule has 3 aliphatic carbocycles. The molecule has 3 fully saturated rings. The number of aryl methyl sites for hydroxylation is 1. The molecule has 0 amide bonds. The van der Waals surface area contributed by atoms with Crippen LogP contribution in [-0.4, -0.2) is 15.5 Å². The van der Waals surface area contributed by atoms with Crippen molar-refractivity contribution < 1.29 is 0 Å². The molecular formula is C10H12ClN3. The summed E-state index contributed by atoms with van der Waals surface area (Å²) in [7, 11) is 0. The average Bonchev–Trinajstić information content (AvgIpc) is 2.01. The summed E-state index contributed by atoms with van der Waals surface area (Å²) in [5.74, 6) is 1.88. The molecule has 0 radical (unpaired) electrons. The molecule has 0 aliphatic heterocycles. The van der Waals surface area contributed by atoms with Crippen LogP contribution in [0.1, 0.15) is 24.8 Å². The zero-order valence-corrected chi connectivity index (χ0v) is 8.80. The third kappa shape index (κ3) is 1.12. The number of rotatable bonds is 2. The van der Waals surface area contributed by atoms with E-state index in [2.05, 4.69) is 15.3 Å². The van der Waals surface area contributed by atoms with Gasteiger partial charge < -0.3 is 5.32 Å². The van der Waals surface area contributed by atoms with Crippen molar-refractivity contribution in [2.45, 2.75) is 31.7 Å². The van der Waals surface area contributed by atoms with Crippen LogP contribution in [-0.2, 0) is 0 Å². The minimum absolute atomic E-state index is 0.324. The molecule has 1 aromatic heterocycles. The number of hydrogen-bond donors (Lipinski definition) is 1. The smallest absolute Gasteiger partial charge is 0.224 e. The van der Waals surface area contributed by atoms with Crippen molar-refractivity contribution in [1.29, 1.82) is 0 Å². The first-order chi connectivity index (χ1) is 6.67. The lowest BCUT2D eigenvalue weighted by atomic mass is 9.50. The van der Waals surface area contributed by atoms with E-state index in [1.165, 1.54) is 19.3 Å². The maximum Gasteiger partial charge on any atom is 0.224 e. The highest BCUT2D eigenvalue weighted by atomic mass is 35.5. The van der Waals surface area contributed by atoms with Crippen LogP contribution in [0.3, 0.4) is 0 Å². The molecular weight excluding hydrogens is 198 g/mol. The SMILES string of the molecule is Cc1cnc(Cl)nc1NC12CC(C1)C2. The summed E-state index contributed by atoms with van der Waals surface area (Å²) in [6.07, 6.45) is 5.67. The lowest BCUT2D eigenvalue weighted by Crippen LogP contribution is -2.63. The molecule has 4 heteroatoms. The minimum atomic E-state index is 0.324. The zero-order valence-electron chi connectivity index (χ0n) is 8.05. The molecule has 3 aliphatic rings. The van der Waals surface area contributed by atoms with E-state index in [0.29, 0.717) is 10.8 Å². The van der Waals surface area contributed by atoms with Gasteiger partial charge in [-0.25, -0.2) is 9.97 Å². The van der Waals surface area contributed by atoms with Crippen LogP contribution >= 0.6 is 11.6 Å². The van der Waals surface area contributed by atoms with Crippen molar-refractivity contribution in [3.05, 3.63) is 17.0 Å². The van der Waals surface area contributed by atoms with Gasteiger partial charge in [-0.15, -0.1) is 0 Å². The van der Waals surface area contributed by atoms with Gasteiger partial charge in [-0.1, -0.05) is 0 Å². The maximum atomic E-state index is 5.76. The van der Waals surface area contributed by atoms with Crippen LogP contribution < -0.4 is 5.32 Å². The van der Waals surface area contributed by atoms with Gasteiger partial charge in [0.25, 0.3) is 0 Å². The van der Waals surface area contributed by atoms with E-state index in [1.54, 1.807) is 6.20 Å². The number of halogens is 1. The number of hydrogen-bond acceptors (Lipinski definition) is 3. The predicted molar refractivity (Wildman–Crippen MR) is 55.5 cm³/mol. The maximum absolute atomic E-state index is 5.76. The molecule has 1 N–H and O–H groups in total. The van der Waals surface area contributed by atoms with Gasteiger partial charge in [0, 0.05) is 17.3 Å². The zero-order chi connectivity index (χ0) is 9.76. The van der Waals surface area contributed by atoms with Crippen LogP contribution in [0.2, 0.25) is 5.28 Å². The van der Waals surface area contributed by atoms with Crippen molar-refractivity contribution in [3.8, 4) is 0 Å². The van der Waals surface area contributed by atoms with Gasteiger partial charge in [0.15, 0.2) is 0 Å². The number of anilines is 1. The van der Waals surface area contributed by atoms with E-state index in [1.807, 2.05) is 6.92 Å². The standard InChI is InChI=1S/C10H12ClN3/c1-6-5-12-9(11)13-8(6)14-10-2-7(3-10)4-10/h5,7H,2-4H2,1H3,(H,12,13,14).